The summed E-state index contributed by atoms with van der Waals surface area (Å²) >= 11 is 0. The number of rotatable bonds is 8. The number of hydrogen-bond acceptors (Lipinski definition) is 5. The Morgan fingerprint density at radius 2 is 1.80 bits per heavy atom. The third kappa shape index (κ3) is 5.33. The summed E-state index contributed by atoms with van der Waals surface area (Å²) in [5.74, 6) is 2.68. The Hall–Kier alpha value is -1.36. The van der Waals surface area contributed by atoms with Crippen LogP contribution in [0.15, 0.2) is 6.07 Å². The number of aromatic nitrogens is 2. The van der Waals surface area contributed by atoms with E-state index in [-0.39, 0.29) is 5.92 Å². The van der Waals surface area contributed by atoms with Gasteiger partial charge in [-0.2, -0.15) is 0 Å². The molecule has 20 heavy (non-hydrogen) atoms. The third-order valence-electron chi connectivity index (χ3n) is 3.23. The van der Waals surface area contributed by atoms with E-state index < -0.39 is 5.60 Å². The molecule has 0 amide bonds. The maximum Gasteiger partial charge on any atom is 0.135 e. The molecule has 0 fully saturated rings. The van der Waals surface area contributed by atoms with E-state index in [2.05, 4.69) is 41.4 Å². The lowest BCUT2D eigenvalue weighted by Crippen LogP contribution is -2.32. The Balaban J connectivity index is 2.85. The summed E-state index contributed by atoms with van der Waals surface area (Å²) in [7, 11) is 0. The lowest BCUT2D eigenvalue weighted by Gasteiger charge is -2.22. The van der Waals surface area contributed by atoms with Crippen molar-refractivity contribution in [3.8, 4) is 0 Å². The van der Waals surface area contributed by atoms with Crippen LogP contribution in [0.1, 0.15) is 59.2 Å². The van der Waals surface area contributed by atoms with E-state index in [0.29, 0.717) is 13.0 Å². The van der Waals surface area contributed by atoms with E-state index in [1.165, 1.54) is 0 Å². The first kappa shape index (κ1) is 16.7. The fourth-order valence-corrected chi connectivity index (χ4v) is 1.56. The summed E-state index contributed by atoms with van der Waals surface area (Å²) in [5, 5.41) is 16.5. The van der Waals surface area contributed by atoms with Gasteiger partial charge in [0.2, 0.25) is 0 Å². The number of aliphatic hydroxyl groups is 1. The van der Waals surface area contributed by atoms with Crippen LogP contribution in [-0.2, 0) is 0 Å². The van der Waals surface area contributed by atoms with Gasteiger partial charge in [-0.25, -0.2) is 9.97 Å². The molecule has 1 aromatic heterocycles. The quantitative estimate of drug-likeness (QED) is 0.683. The van der Waals surface area contributed by atoms with E-state index >= 15 is 0 Å². The first-order chi connectivity index (χ1) is 9.38. The first-order valence-electron chi connectivity index (χ1n) is 7.47. The van der Waals surface area contributed by atoms with Crippen LogP contribution in [0.2, 0.25) is 0 Å². The summed E-state index contributed by atoms with van der Waals surface area (Å²) in [5.41, 5.74) is -0.722. The average molecular weight is 280 g/mol. The number of anilines is 2. The summed E-state index contributed by atoms with van der Waals surface area (Å²) in [6.45, 7) is 11.4. The van der Waals surface area contributed by atoms with Crippen molar-refractivity contribution in [2.24, 2.45) is 0 Å². The average Bonchev–Trinajstić information content (AvgIpc) is 2.43. The van der Waals surface area contributed by atoms with Gasteiger partial charge in [-0.1, -0.05) is 27.7 Å². The molecule has 0 saturated carbocycles. The van der Waals surface area contributed by atoms with Crippen molar-refractivity contribution >= 4 is 11.6 Å². The molecule has 114 valence electrons. The van der Waals surface area contributed by atoms with E-state index in [1.807, 2.05) is 19.9 Å². The van der Waals surface area contributed by atoms with Crippen LogP contribution < -0.4 is 10.6 Å². The molecule has 1 unspecified atom stereocenters. The molecule has 0 aliphatic carbocycles. The highest BCUT2D eigenvalue weighted by Gasteiger charge is 2.17. The number of nitrogens with one attached hydrogen (secondary N) is 2. The second kappa shape index (κ2) is 7.43. The van der Waals surface area contributed by atoms with Gasteiger partial charge in [0, 0.05) is 25.1 Å². The lowest BCUT2D eigenvalue weighted by atomic mass is 10.0. The normalized spacial score (nSPS) is 14.2. The largest absolute Gasteiger partial charge is 0.388 e. The maximum atomic E-state index is 10.1. The van der Waals surface area contributed by atoms with Gasteiger partial charge in [0.1, 0.15) is 17.5 Å². The molecule has 5 nitrogen and oxygen atoms in total. The summed E-state index contributed by atoms with van der Waals surface area (Å²) in [6, 6.07) is 1.90. The minimum Gasteiger partial charge on any atom is -0.388 e. The van der Waals surface area contributed by atoms with Crippen molar-refractivity contribution in [3.05, 3.63) is 11.9 Å². The second-order valence-electron chi connectivity index (χ2n) is 5.78. The molecule has 0 radical (unpaired) electrons. The van der Waals surface area contributed by atoms with Gasteiger partial charge >= 0.3 is 0 Å². The Labute approximate surface area is 122 Å². The smallest absolute Gasteiger partial charge is 0.135 e. The van der Waals surface area contributed by atoms with Crippen LogP contribution >= 0.6 is 0 Å². The summed E-state index contributed by atoms with van der Waals surface area (Å²) in [6.07, 6.45) is 1.75. The molecule has 0 saturated heterocycles. The Morgan fingerprint density at radius 3 is 2.30 bits per heavy atom. The van der Waals surface area contributed by atoms with Crippen LogP contribution in [0, 0.1) is 0 Å². The van der Waals surface area contributed by atoms with Gasteiger partial charge in [-0.05, 0) is 19.8 Å². The highest BCUT2D eigenvalue weighted by atomic mass is 16.3. The van der Waals surface area contributed by atoms with Crippen LogP contribution in [0.25, 0.3) is 0 Å². The maximum absolute atomic E-state index is 10.1. The van der Waals surface area contributed by atoms with E-state index in [1.54, 1.807) is 0 Å². The van der Waals surface area contributed by atoms with E-state index in [0.717, 1.165) is 30.4 Å². The van der Waals surface area contributed by atoms with Gasteiger partial charge in [-0.3, -0.25) is 0 Å². The van der Waals surface area contributed by atoms with Crippen molar-refractivity contribution in [1.82, 2.24) is 9.97 Å². The third-order valence-corrected chi connectivity index (χ3v) is 3.23. The highest BCUT2D eigenvalue weighted by molar-refractivity contribution is 5.48. The SMILES string of the molecule is CCCNc1cc(NCC(C)(O)CC)nc(C(C)C)n1. The van der Waals surface area contributed by atoms with Crippen molar-refractivity contribution in [3.63, 3.8) is 0 Å². The van der Waals surface area contributed by atoms with Crippen molar-refractivity contribution < 1.29 is 5.11 Å². The number of hydrogen-bond donors (Lipinski definition) is 3. The molecule has 1 rings (SSSR count). The fraction of sp³-hybridized carbons (Fsp3) is 0.733. The molecule has 5 heteroatoms. The molecular formula is C15H28N4O. The monoisotopic (exact) mass is 280 g/mol. The first-order valence-corrected chi connectivity index (χ1v) is 7.47. The summed E-state index contributed by atoms with van der Waals surface area (Å²) in [4.78, 5) is 9.02. The molecule has 0 spiro atoms. The summed E-state index contributed by atoms with van der Waals surface area (Å²) < 4.78 is 0. The standard InChI is InChI=1S/C15H28N4O/c1-6-8-16-12-9-13(17-10-15(5,20)7-2)19-14(18-12)11(3)4/h9,11,20H,6-8,10H2,1-5H3,(H2,16,17,18,19). The Bertz CT molecular complexity index is 418. The topological polar surface area (TPSA) is 70.1 Å². The lowest BCUT2D eigenvalue weighted by molar-refractivity contribution is 0.0696. The molecule has 1 heterocycles. The van der Waals surface area contributed by atoms with Crippen LogP contribution in [0.3, 0.4) is 0 Å². The van der Waals surface area contributed by atoms with E-state index in [9.17, 15) is 5.11 Å². The van der Waals surface area contributed by atoms with Gasteiger partial charge < -0.3 is 15.7 Å². The van der Waals surface area contributed by atoms with Gasteiger partial charge in [-0.15, -0.1) is 0 Å². The molecule has 0 aromatic carbocycles. The molecule has 0 aliphatic rings. The second-order valence-corrected chi connectivity index (χ2v) is 5.78. The van der Waals surface area contributed by atoms with Crippen molar-refractivity contribution in [2.45, 2.75) is 59.0 Å². The fourth-order valence-electron chi connectivity index (χ4n) is 1.56. The zero-order valence-corrected chi connectivity index (χ0v) is 13.3. The highest BCUT2D eigenvalue weighted by Crippen LogP contribution is 2.18. The van der Waals surface area contributed by atoms with Crippen molar-refractivity contribution in [1.29, 1.82) is 0 Å². The molecule has 0 aliphatic heterocycles. The predicted molar refractivity (Wildman–Crippen MR) is 84.3 cm³/mol. The Morgan fingerprint density at radius 1 is 1.20 bits per heavy atom. The molecule has 1 aromatic rings. The molecule has 0 bridgehead atoms. The number of nitrogens with zero attached hydrogens (tertiary/aromatic N) is 2. The predicted octanol–water partition coefficient (Wildman–Crippen LogP) is 2.99. The minimum atomic E-state index is -0.722. The minimum absolute atomic E-state index is 0.269. The van der Waals surface area contributed by atoms with Crippen molar-refractivity contribution in [2.75, 3.05) is 23.7 Å². The zero-order valence-electron chi connectivity index (χ0n) is 13.3. The Kier molecular flexibility index (Phi) is 6.20. The molecular weight excluding hydrogens is 252 g/mol. The molecule has 1 atom stereocenters. The van der Waals surface area contributed by atoms with Gasteiger partial charge in [0.25, 0.3) is 0 Å². The van der Waals surface area contributed by atoms with Gasteiger partial charge in [0.15, 0.2) is 0 Å². The zero-order chi connectivity index (χ0) is 15.2. The molecule has 3 N–H and O–H groups in total. The van der Waals surface area contributed by atoms with Gasteiger partial charge in [0.05, 0.1) is 5.60 Å². The van der Waals surface area contributed by atoms with Crippen LogP contribution in [-0.4, -0.2) is 33.8 Å². The van der Waals surface area contributed by atoms with E-state index in [4.69, 9.17) is 0 Å². The van der Waals surface area contributed by atoms with Crippen LogP contribution in [0.4, 0.5) is 11.6 Å². The van der Waals surface area contributed by atoms with Crippen LogP contribution in [0.5, 0.6) is 0 Å².